The molecule has 1 atom stereocenters. The van der Waals surface area contributed by atoms with Gasteiger partial charge >= 0.3 is 5.97 Å². The van der Waals surface area contributed by atoms with Crippen LogP contribution in [0.25, 0.3) is 33.7 Å². The Morgan fingerprint density at radius 1 is 1.00 bits per heavy atom. The molecule has 0 bridgehead atoms. The summed E-state index contributed by atoms with van der Waals surface area (Å²) in [6.45, 7) is 3.21. The number of carbonyl (C=O) groups is 3. The van der Waals surface area contributed by atoms with E-state index in [2.05, 4.69) is 15.2 Å². The number of hydrogen-bond acceptors (Lipinski definition) is 6. The molecule has 1 fully saturated rings. The van der Waals surface area contributed by atoms with E-state index in [9.17, 15) is 19.5 Å². The van der Waals surface area contributed by atoms with Crippen molar-refractivity contribution in [3.05, 3.63) is 84.0 Å². The highest BCUT2D eigenvalue weighted by Crippen LogP contribution is 2.36. The van der Waals surface area contributed by atoms with Gasteiger partial charge in [-0.15, -0.1) is 0 Å². The Kier molecular flexibility index (Phi) is 7.58. The molecule has 3 aromatic heterocycles. The first-order valence-electron chi connectivity index (χ1n) is 14.4. The minimum atomic E-state index is -1.06. The quantitative estimate of drug-likeness (QED) is 0.183. The van der Waals surface area contributed by atoms with Gasteiger partial charge in [0.2, 0.25) is 5.91 Å². The van der Waals surface area contributed by atoms with Crippen LogP contribution in [0.1, 0.15) is 71.5 Å². The number of aromatic carboxylic acids is 1. The summed E-state index contributed by atoms with van der Waals surface area (Å²) in [5, 5.41) is 14.8. The molecule has 220 valence electrons. The van der Waals surface area contributed by atoms with Crippen LogP contribution in [0.15, 0.2) is 76.0 Å². The summed E-state index contributed by atoms with van der Waals surface area (Å²) in [6, 6.07) is 15.2. The molecule has 0 unspecified atom stereocenters. The SMILES string of the molecule is Cc1oc(-c2ccc(NC(=O)[C@@H](C)NC(=O)c3ccc4c(c3)nc(-c3ccoc3)n4C3CCCCC3)cc2)cc1C(=O)O. The molecule has 2 amide bonds. The molecule has 0 aliphatic heterocycles. The Morgan fingerprint density at radius 3 is 2.44 bits per heavy atom. The van der Waals surface area contributed by atoms with Crippen molar-refractivity contribution in [2.45, 2.75) is 58.0 Å². The number of benzene rings is 2. The summed E-state index contributed by atoms with van der Waals surface area (Å²) < 4.78 is 13.2. The van der Waals surface area contributed by atoms with Gasteiger partial charge in [-0.2, -0.15) is 0 Å². The fourth-order valence-electron chi connectivity index (χ4n) is 5.69. The van der Waals surface area contributed by atoms with E-state index in [1.165, 1.54) is 25.3 Å². The first-order chi connectivity index (χ1) is 20.8. The van der Waals surface area contributed by atoms with E-state index in [0.29, 0.717) is 39.9 Å². The molecule has 43 heavy (non-hydrogen) atoms. The molecular weight excluding hydrogens is 548 g/mol. The van der Waals surface area contributed by atoms with Gasteiger partial charge in [-0.1, -0.05) is 19.3 Å². The number of imidazole rings is 1. The minimum Gasteiger partial charge on any atom is -0.478 e. The molecular formula is C33H32N4O6. The summed E-state index contributed by atoms with van der Waals surface area (Å²) in [7, 11) is 0. The van der Waals surface area contributed by atoms with Gasteiger partial charge in [0.15, 0.2) is 0 Å². The summed E-state index contributed by atoms with van der Waals surface area (Å²) in [5.74, 6) is -0.241. The Bertz CT molecular complexity index is 1790. The molecule has 1 aliphatic rings. The Hall–Kier alpha value is -5.12. The van der Waals surface area contributed by atoms with Gasteiger partial charge in [0.1, 0.15) is 35.2 Å². The highest BCUT2D eigenvalue weighted by molar-refractivity contribution is 6.02. The number of hydrogen-bond donors (Lipinski definition) is 3. The van der Waals surface area contributed by atoms with Crippen LogP contribution in [0.2, 0.25) is 0 Å². The zero-order chi connectivity index (χ0) is 30.1. The lowest BCUT2D eigenvalue weighted by Crippen LogP contribution is -2.41. The van der Waals surface area contributed by atoms with Crippen LogP contribution in [0.4, 0.5) is 5.69 Å². The van der Waals surface area contributed by atoms with Crippen LogP contribution in [-0.4, -0.2) is 38.5 Å². The maximum atomic E-state index is 13.2. The van der Waals surface area contributed by atoms with Crippen molar-refractivity contribution < 1.29 is 28.3 Å². The van der Waals surface area contributed by atoms with Crippen LogP contribution in [0.3, 0.4) is 0 Å². The first-order valence-corrected chi connectivity index (χ1v) is 14.4. The molecule has 10 nitrogen and oxygen atoms in total. The number of aromatic nitrogens is 2. The largest absolute Gasteiger partial charge is 0.478 e. The van der Waals surface area contributed by atoms with E-state index in [-0.39, 0.29) is 17.4 Å². The molecule has 5 aromatic rings. The molecule has 0 radical (unpaired) electrons. The second-order valence-corrected chi connectivity index (χ2v) is 11.0. The molecule has 2 aromatic carbocycles. The lowest BCUT2D eigenvalue weighted by Gasteiger charge is -2.25. The van der Waals surface area contributed by atoms with Gasteiger partial charge in [-0.3, -0.25) is 9.59 Å². The maximum Gasteiger partial charge on any atom is 0.339 e. The number of nitrogens with zero attached hydrogens (tertiary/aromatic N) is 2. The number of carbonyl (C=O) groups excluding carboxylic acids is 2. The molecule has 0 spiro atoms. The van der Waals surface area contributed by atoms with Crippen LogP contribution in [0.5, 0.6) is 0 Å². The standard InChI is InChI=1S/C33H32N4O6/c1-19(31(38)35-24-11-8-21(9-12-24)29-17-26(33(40)41)20(2)43-29)34-32(39)22-10-13-28-27(16-22)36-30(23-14-15-42-18-23)37(28)25-6-4-3-5-7-25/h8-19,25H,3-7H2,1-2H3,(H,34,39)(H,35,38)(H,40,41)/t19-/m1/s1. The van der Waals surface area contributed by atoms with E-state index in [1.54, 1.807) is 62.8 Å². The van der Waals surface area contributed by atoms with E-state index in [4.69, 9.17) is 13.8 Å². The topological polar surface area (TPSA) is 140 Å². The molecule has 3 N–H and O–H groups in total. The van der Waals surface area contributed by atoms with Crippen LogP contribution >= 0.6 is 0 Å². The van der Waals surface area contributed by atoms with Gasteiger partial charge in [0.05, 0.1) is 22.9 Å². The number of anilines is 1. The summed E-state index contributed by atoms with van der Waals surface area (Å²) in [5.41, 5.74) is 4.30. The molecule has 6 rings (SSSR count). The van der Waals surface area contributed by atoms with Gasteiger partial charge in [-0.05, 0) is 81.3 Å². The number of aryl methyl sites for hydroxylation is 1. The monoisotopic (exact) mass is 580 g/mol. The van der Waals surface area contributed by atoms with Gasteiger partial charge < -0.3 is 29.1 Å². The van der Waals surface area contributed by atoms with Crippen LogP contribution in [-0.2, 0) is 4.79 Å². The van der Waals surface area contributed by atoms with Crippen molar-refractivity contribution >= 4 is 34.5 Å². The highest BCUT2D eigenvalue weighted by Gasteiger charge is 2.24. The number of rotatable bonds is 8. The molecule has 0 saturated heterocycles. The molecule has 3 heterocycles. The third-order valence-electron chi connectivity index (χ3n) is 8.00. The van der Waals surface area contributed by atoms with Gasteiger partial charge in [0.25, 0.3) is 5.91 Å². The van der Waals surface area contributed by atoms with E-state index >= 15 is 0 Å². The highest BCUT2D eigenvalue weighted by atomic mass is 16.4. The van der Waals surface area contributed by atoms with E-state index in [1.807, 2.05) is 12.1 Å². The third-order valence-corrected chi connectivity index (χ3v) is 8.00. The maximum absolute atomic E-state index is 13.2. The first kappa shape index (κ1) is 28.0. The van der Waals surface area contributed by atoms with Crippen molar-refractivity contribution in [1.29, 1.82) is 0 Å². The number of furan rings is 2. The Morgan fingerprint density at radius 2 is 1.77 bits per heavy atom. The number of fused-ring (bicyclic) bond motifs is 1. The number of carboxylic acid groups (broad SMARTS) is 1. The summed E-state index contributed by atoms with van der Waals surface area (Å²) in [4.78, 5) is 42.3. The van der Waals surface area contributed by atoms with Crippen molar-refractivity contribution in [2.75, 3.05) is 5.32 Å². The molecule has 10 heteroatoms. The fourth-order valence-corrected chi connectivity index (χ4v) is 5.69. The summed E-state index contributed by atoms with van der Waals surface area (Å²) in [6.07, 6.45) is 9.09. The molecule has 1 aliphatic carbocycles. The zero-order valence-corrected chi connectivity index (χ0v) is 23.9. The average Bonchev–Trinajstić information content (AvgIpc) is 3.76. The number of amides is 2. The van der Waals surface area contributed by atoms with Gasteiger partial charge in [-0.25, -0.2) is 9.78 Å². The predicted octanol–water partition coefficient (Wildman–Crippen LogP) is 6.83. The number of carboxylic acids is 1. The van der Waals surface area contributed by atoms with Crippen molar-refractivity contribution in [3.63, 3.8) is 0 Å². The smallest absolute Gasteiger partial charge is 0.339 e. The lowest BCUT2D eigenvalue weighted by molar-refractivity contribution is -0.117. The van der Waals surface area contributed by atoms with Crippen molar-refractivity contribution in [2.24, 2.45) is 0 Å². The Labute approximate surface area is 247 Å². The fraction of sp³-hybridized carbons (Fsp3) is 0.273. The third kappa shape index (κ3) is 5.68. The van der Waals surface area contributed by atoms with Crippen LogP contribution < -0.4 is 10.6 Å². The minimum absolute atomic E-state index is 0.104. The second kappa shape index (κ2) is 11.6. The lowest BCUT2D eigenvalue weighted by atomic mass is 9.95. The average molecular weight is 581 g/mol. The van der Waals surface area contributed by atoms with Crippen molar-refractivity contribution in [3.8, 4) is 22.7 Å². The normalized spacial score (nSPS) is 14.5. The zero-order valence-electron chi connectivity index (χ0n) is 23.9. The van der Waals surface area contributed by atoms with E-state index < -0.39 is 12.0 Å². The van der Waals surface area contributed by atoms with Crippen molar-refractivity contribution in [1.82, 2.24) is 14.9 Å². The second-order valence-electron chi connectivity index (χ2n) is 11.0. The van der Waals surface area contributed by atoms with E-state index in [0.717, 1.165) is 29.7 Å². The molecule has 1 saturated carbocycles. The number of nitrogens with one attached hydrogen (secondary N) is 2. The predicted molar refractivity (Wildman–Crippen MR) is 161 cm³/mol. The Balaban J connectivity index is 1.14. The summed E-state index contributed by atoms with van der Waals surface area (Å²) >= 11 is 0. The van der Waals surface area contributed by atoms with Gasteiger partial charge in [0, 0.05) is 22.9 Å². The van der Waals surface area contributed by atoms with Crippen LogP contribution in [0, 0.1) is 6.92 Å².